The van der Waals surface area contributed by atoms with Gasteiger partial charge in [-0.2, -0.15) is 10.4 Å². The summed E-state index contributed by atoms with van der Waals surface area (Å²) in [7, 11) is 0. The Kier molecular flexibility index (Phi) is 6.29. The van der Waals surface area contributed by atoms with Crippen LogP contribution in [0.4, 0.5) is 29.5 Å². The van der Waals surface area contributed by atoms with Gasteiger partial charge in [0.1, 0.15) is 17.3 Å². The van der Waals surface area contributed by atoms with Crippen LogP contribution < -0.4 is 11.1 Å². The fourth-order valence-corrected chi connectivity index (χ4v) is 3.93. The molecule has 2 aromatic rings. The lowest BCUT2D eigenvalue weighted by Crippen LogP contribution is -2.62. The smallest absolute Gasteiger partial charge is 0.409 e. The quantitative estimate of drug-likeness (QED) is 0.578. The van der Waals surface area contributed by atoms with Crippen molar-refractivity contribution in [3.8, 4) is 6.07 Å². The number of carboxylic acid groups (broad SMARTS) is 1. The number of carbonyl (C=O) groups excluding carboxylic acids is 1. The maximum absolute atomic E-state index is 16.0. The van der Waals surface area contributed by atoms with Crippen LogP contribution in [-0.2, 0) is 0 Å². The molecule has 3 rings (SSSR count). The highest BCUT2D eigenvalue weighted by Gasteiger charge is 2.58. The summed E-state index contributed by atoms with van der Waals surface area (Å²) in [6.45, 7) is -0.318. The third-order valence-corrected chi connectivity index (χ3v) is 5.62. The zero-order chi connectivity index (χ0) is 23.6. The molecular formula is C20H21F3N6O3. The van der Waals surface area contributed by atoms with Crippen LogP contribution in [0.3, 0.4) is 0 Å². The summed E-state index contributed by atoms with van der Waals surface area (Å²) in [4.78, 5) is 24.0. The van der Waals surface area contributed by atoms with E-state index in [0.717, 1.165) is 4.68 Å². The molecule has 12 heteroatoms. The molecule has 1 aliphatic rings. The summed E-state index contributed by atoms with van der Waals surface area (Å²) in [5.41, 5.74) is 5.74. The number of hydrogen-bond acceptors (Lipinski definition) is 5. The summed E-state index contributed by atoms with van der Waals surface area (Å²) in [6, 6.07) is 5.94. The lowest BCUT2D eigenvalue weighted by Gasteiger charge is -2.48. The predicted octanol–water partition coefficient (Wildman–Crippen LogP) is 3.20. The molecule has 1 saturated heterocycles. The van der Waals surface area contributed by atoms with E-state index in [-0.39, 0.29) is 24.3 Å². The molecule has 1 aromatic heterocycles. The Morgan fingerprint density at radius 1 is 1.44 bits per heavy atom. The zero-order valence-electron chi connectivity index (χ0n) is 17.0. The summed E-state index contributed by atoms with van der Waals surface area (Å²) < 4.78 is 43.8. The molecule has 9 nitrogen and oxygen atoms in total. The number of benzene rings is 1. The minimum atomic E-state index is -2.82. The van der Waals surface area contributed by atoms with E-state index in [4.69, 9.17) is 5.73 Å². The first-order valence-electron chi connectivity index (χ1n) is 9.70. The van der Waals surface area contributed by atoms with Crippen LogP contribution in [0.25, 0.3) is 0 Å². The van der Waals surface area contributed by atoms with Crippen LogP contribution in [-0.4, -0.2) is 50.8 Å². The Morgan fingerprint density at radius 2 is 2.09 bits per heavy atom. The van der Waals surface area contributed by atoms with E-state index in [9.17, 15) is 28.7 Å². The number of amides is 2. The number of nitriles is 1. The molecule has 2 heterocycles. The van der Waals surface area contributed by atoms with Crippen molar-refractivity contribution < 1.29 is 27.9 Å². The Labute approximate surface area is 181 Å². The predicted molar refractivity (Wildman–Crippen MR) is 107 cm³/mol. The standard InChI is InChI=1S/C20H21F3N6O3/c1-11(8-21)20(23)15(9-24)16(6-7-28(20)19(31)32)29-10-14(17(25)30)18(27-29)26-13-4-2-12(22)3-5-13/h2-5,10-11,15-16H,6-8H2,1H3,(H2,25,30)(H,26,27)(H,31,32)/t11?,15-,16+,20?/m0/s1. The van der Waals surface area contributed by atoms with Crippen molar-refractivity contribution >= 4 is 23.5 Å². The first-order valence-corrected chi connectivity index (χ1v) is 9.70. The van der Waals surface area contributed by atoms with Gasteiger partial charge in [0, 0.05) is 24.3 Å². The third kappa shape index (κ3) is 3.93. The van der Waals surface area contributed by atoms with Crippen LogP contribution in [0.15, 0.2) is 30.5 Å². The molecule has 4 atom stereocenters. The van der Waals surface area contributed by atoms with Gasteiger partial charge in [-0.15, -0.1) is 0 Å². The minimum absolute atomic E-state index is 0.00886. The lowest BCUT2D eigenvalue weighted by atomic mass is 9.77. The van der Waals surface area contributed by atoms with Crippen molar-refractivity contribution in [2.24, 2.45) is 17.6 Å². The summed E-state index contributed by atoms with van der Waals surface area (Å²) in [5.74, 6) is -7.20. The number of aromatic nitrogens is 2. The number of nitrogens with zero attached hydrogens (tertiary/aromatic N) is 4. The molecule has 0 bridgehead atoms. The van der Waals surface area contributed by atoms with Gasteiger partial charge >= 0.3 is 6.09 Å². The number of nitrogens with two attached hydrogens (primary N) is 1. The normalized spacial score (nSPS) is 23.9. The second kappa shape index (κ2) is 8.78. The molecule has 0 spiro atoms. The number of anilines is 2. The maximum Gasteiger partial charge on any atom is 0.409 e. The number of carbonyl (C=O) groups is 2. The number of nitrogens with one attached hydrogen (secondary N) is 1. The Morgan fingerprint density at radius 3 is 2.62 bits per heavy atom. The average molecular weight is 450 g/mol. The van der Waals surface area contributed by atoms with E-state index >= 15 is 4.39 Å². The molecule has 1 aromatic carbocycles. The number of hydrogen-bond donors (Lipinski definition) is 3. The van der Waals surface area contributed by atoms with Crippen LogP contribution in [0.1, 0.15) is 29.7 Å². The van der Waals surface area contributed by atoms with Gasteiger partial charge in [-0.1, -0.05) is 6.92 Å². The molecule has 1 fully saturated rings. The Balaban J connectivity index is 2.02. The molecule has 2 unspecified atom stereocenters. The highest BCUT2D eigenvalue weighted by molar-refractivity contribution is 5.98. The van der Waals surface area contributed by atoms with E-state index in [0.29, 0.717) is 10.6 Å². The molecule has 170 valence electrons. The van der Waals surface area contributed by atoms with Gasteiger partial charge in [-0.25, -0.2) is 13.6 Å². The lowest BCUT2D eigenvalue weighted by molar-refractivity contribution is -0.131. The van der Waals surface area contributed by atoms with Crippen molar-refractivity contribution in [1.29, 1.82) is 5.26 Å². The largest absolute Gasteiger partial charge is 0.465 e. The van der Waals surface area contributed by atoms with Crippen LogP contribution in [0, 0.1) is 29.0 Å². The van der Waals surface area contributed by atoms with E-state index in [2.05, 4.69) is 10.4 Å². The van der Waals surface area contributed by atoms with Crippen LogP contribution in [0.5, 0.6) is 0 Å². The van der Waals surface area contributed by atoms with E-state index in [1.54, 1.807) is 6.07 Å². The molecule has 0 saturated carbocycles. The monoisotopic (exact) mass is 450 g/mol. The second-order valence-corrected chi connectivity index (χ2v) is 7.55. The van der Waals surface area contributed by atoms with Crippen molar-refractivity contribution in [2.45, 2.75) is 25.2 Å². The van der Waals surface area contributed by atoms with Crippen LogP contribution >= 0.6 is 0 Å². The zero-order valence-corrected chi connectivity index (χ0v) is 17.0. The van der Waals surface area contributed by atoms with E-state index in [1.807, 2.05) is 0 Å². The first kappa shape index (κ1) is 22.9. The van der Waals surface area contributed by atoms with Crippen molar-refractivity contribution in [2.75, 3.05) is 18.5 Å². The molecule has 1 aliphatic heterocycles. The SMILES string of the molecule is CC(CF)C1(F)[C@@H](C#N)[C@H](n2cc(C(N)=O)c(Nc3ccc(F)cc3)n2)CCN1C(=O)O. The van der Waals surface area contributed by atoms with Crippen molar-refractivity contribution in [1.82, 2.24) is 14.7 Å². The van der Waals surface area contributed by atoms with Gasteiger partial charge in [0.2, 0.25) is 5.79 Å². The highest BCUT2D eigenvalue weighted by Crippen LogP contribution is 2.46. The Bertz CT molecular complexity index is 1050. The van der Waals surface area contributed by atoms with Gasteiger partial charge in [0.25, 0.3) is 5.91 Å². The fraction of sp³-hybridized carbons (Fsp3) is 0.400. The highest BCUT2D eigenvalue weighted by atomic mass is 19.2. The van der Waals surface area contributed by atoms with Gasteiger partial charge in [-0.3, -0.25) is 18.8 Å². The average Bonchev–Trinajstić information content (AvgIpc) is 3.17. The molecule has 32 heavy (non-hydrogen) atoms. The summed E-state index contributed by atoms with van der Waals surface area (Å²) in [6.07, 6.45) is -0.394. The topological polar surface area (TPSA) is 137 Å². The second-order valence-electron chi connectivity index (χ2n) is 7.55. The Hall–Kier alpha value is -3.75. The van der Waals surface area contributed by atoms with Gasteiger partial charge in [-0.05, 0) is 30.7 Å². The van der Waals surface area contributed by atoms with Crippen molar-refractivity contribution in [3.05, 3.63) is 41.8 Å². The van der Waals surface area contributed by atoms with E-state index in [1.165, 1.54) is 37.4 Å². The number of primary amides is 1. The number of piperidine rings is 1. The van der Waals surface area contributed by atoms with Crippen LogP contribution in [0.2, 0.25) is 0 Å². The fourth-order valence-electron chi connectivity index (χ4n) is 3.93. The maximum atomic E-state index is 16.0. The first-order chi connectivity index (χ1) is 15.1. The van der Waals surface area contributed by atoms with Gasteiger partial charge in [0.15, 0.2) is 5.82 Å². The van der Waals surface area contributed by atoms with E-state index < -0.39 is 48.2 Å². The molecule has 4 N–H and O–H groups in total. The van der Waals surface area contributed by atoms with Gasteiger partial charge in [0.05, 0.1) is 18.8 Å². The number of rotatable bonds is 6. The number of likely N-dealkylation sites (tertiary alicyclic amines) is 1. The number of halogens is 3. The number of alkyl halides is 2. The molecule has 2 amide bonds. The van der Waals surface area contributed by atoms with Crippen molar-refractivity contribution in [3.63, 3.8) is 0 Å². The third-order valence-electron chi connectivity index (χ3n) is 5.62. The molecule has 0 radical (unpaired) electrons. The summed E-state index contributed by atoms with van der Waals surface area (Å²) in [5, 5.41) is 26.2. The summed E-state index contributed by atoms with van der Waals surface area (Å²) >= 11 is 0. The van der Waals surface area contributed by atoms with Gasteiger partial charge < -0.3 is 16.2 Å². The minimum Gasteiger partial charge on any atom is -0.465 e. The molecular weight excluding hydrogens is 429 g/mol. The molecule has 0 aliphatic carbocycles.